The topological polar surface area (TPSA) is 86.8 Å². The Labute approximate surface area is 133 Å². The lowest BCUT2D eigenvalue weighted by molar-refractivity contribution is 0.506. The van der Waals surface area contributed by atoms with E-state index >= 15 is 0 Å². The first-order valence-electron chi connectivity index (χ1n) is 6.68. The zero-order valence-electron chi connectivity index (χ0n) is 13.5. The zero-order chi connectivity index (χ0) is 17.1. The minimum Gasteiger partial charge on any atom is -0.269 e. The fourth-order valence-electron chi connectivity index (χ4n) is 2.05. The van der Waals surface area contributed by atoms with E-state index in [2.05, 4.69) is 4.72 Å². The molecule has 0 aliphatic heterocycles. The molecule has 1 rings (SSSR count). The van der Waals surface area contributed by atoms with Crippen molar-refractivity contribution in [1.29, 1.82) is 0 Å². The number of nitrogens with one attached hydrogen (secondary N) is 1. The number of sulfonamides is 1. The standard InChI is InChI=1S/C13H23N3O4S2/c1-11-7-6-8-12(2)13(11)16(21(5,17)18)10-9-14-22(19,20)15(3)4/h6-8,14H,9-10H2,1-5H3. The number of hydrogen-bond acceptors (Lipinski definition) is 4. The lowest BCUT2D eigenvalue weighted by atomic mass is 10.1. The van der Waals surface area contributed by atoms with E-state index in [0.29, 0.717) is 5.69 Å². The van der Waals surface area contributed by atoms with Crippen molar-refractivity contribution in [3.8, 4) is 0 Å². The molecule has 1 aromatic carbocycles. The van der Waals surface area contributed by atoms with E-state index in [-0.39, 0.29) is 13.1 Å². The summed E-state index contributed by atoms with van der Waals surface area (Å²) in [6.45, 7) is 3.66. The Balaban J connectivity index is 3.03. The molecule has 0 saturated carbocycles. The number of aryl methyl sites for hydroxylation is 2. The van der Waals surface area contributed by atoms with Gasteiger partial charge < -0.3 is 0 Å². The molecule has 0 aliphatic rings. The molecular formula is C13H23N3O4S2. The molecule has 0 unspecified atom stereocenters. The van der Waals surface area contributed by atoms with Gasteiger partial charge in [-0.1, -0.05) is 18.2 Å². The van der Waals surface area contributed by atoms with Gasteiger partial charge in [-0.15, -0.1) is 0 Å². The van der Waals surface area contributed by atoms with Crippen LogP contribution in [-0.2, 0) is 20.2 Å². The summed E-state index contributed by atoms with van der Waals surface area (Å²) in [5.41, 5.74) is 2.23. The van der Waals surface area contributed by atoms with Crippen LogP contribution in [0.25, 0.3) is 0 Å². The molecular weight excluding hydrogens is 326 g/mol. The van der Waals surface area contributed by atoms with Crippen LogP contribution < -0.4 is 9.03 Å². The average molecular weight is 349 g/mol. The summed E-state index contributed by atoms with van der Waals surface area (Å²) in [5.74, 6) is 0. The van der Waals surface area contributed by atoms with Crippen molar-refractivity contribution in [2.45, 2.75) is 13.8 Å². The minimum atomic E-state index is -3.58. The summed E-state index contributed by atoms with van der Waals surface area (Å²) >= 11 is 0. The van der Waals surface area contributed by atoms with Gasteiger partial charge in [0.15, 0.2) is 0 Å². The molecule has 0 amide bonds. The lowest BCUT2D eigenvalue weighted by Crippen LogP contribution is -2.42. The molecule has 0 spiro atoms. The van der Waals surface area contributed by atoms with Crippen LogP contribution in [0.2, 0.25) is 0 Å². The lowest BCUT2D eigenvalue weighted by Gasteiger charge is -2.26. The molecule has 1 aromatic rings. The van der Waals surface area contributed by atoms with E-state index in [1.54, 1.807) is 0 Å². The second-order valence-electron chi connectivity index (χ2n) is 5.26. The first-order valence-corrected chi connectivity index (χ1v) is 9.96. The molecule has 9 heteroatoms. The van der Waals surface area contributed by atoms with E-state index in [1.807, 2.05) is 32.0 Å². The van der Waals surface area contributed by atoms with E-state index in [4.69, 9.17) is 0 Å². The Morgan fingerprint density at radius 3 is 1.95 bits per heavy atom. The molecule has 0 heterocycles. The first-order chi connectivity index (χ1) is 9.97. The fraction of sp³-hybridized carbons (Fsp3) is 0.538. The van der Waals surface area contributed by atoms with Crippen LogP contribution >= 0.6 is 0 Å². The van der Waals surface area contributed by atoms with Crippen molar-refractivity contribution in [3.63, 3.8) is 0 Å². The third kappa shape index (κ3) is 4.67. The zero-order valence-corrected chi connectivity index (χ0v) is 15.1. The Morgan fingerprint density at radius 2 is 1.55 bits per heavy atom. The highest BCUT2D eigenvalue weighted by molar-refractivity contribution is 7.92. The highest BCUT2D eigenvalue weighted by Crippen LogP contribution is 2.26. The Kier molecular flexibility index (Phi) is 5.96. The van der Waals surface area contributed by atoms with Crippen molar-refractivity contribution < 1.29 is 16.8 Å². The predicted octanol–water partition coefficient (Wildman–Crippen LogP) is 0.465. The quantitative estimate of drug-likeness (QED) is 0.775. The van der Waals surface area contributed by atoms with Gasteiger partial charge >= 0.3 is 0 Å². The van der Waals surface area contributed by atoms with Crippen LogP contribution in [0.15, 0.2) is 18.2 Å². The second kappa shape index (κ2) is 6.95. The molecule has 0 bridgehead atoms. The molecule has 0 atom stereocenters. The summed E-state index contributed by atoms with van der Waals surface area (Å²) in [6, 6.07) is 5.50. The smallest absolute Gasteiger partial charge is 0.269 e. The summed E-state index contributed by atoms with van der Waals surface area (Å²) in [7, 11) is -4.29. The van der Waals surface area contributed by atoms with Gasteiger partial charge in [-0.3, -0.25) is 4.31 Å². The van der Waals surface area contributed by atoms with E-state index in [9.17, 15) is 16.8 Å². The van der Waals surface area contributed by atoms with Crippen LogP contribution in [0.3, 0.4) is 0 Å². The Hall–Kier alpha value is -1.16. The highest BCUT2D eigenvalue weighted by atomic mass is 32.2. The highest BCUT2D eigenvalue weighted by Gasteiger charge is 2.22. The summed E-state index contributed by atoms with van der Waals surface area (Å²) in [4.78, 5) is 0. The van der Waals surface area contributed by atoms with Crippen LogP contribution in [0.1, 0.15) is 11.1 Å². The molecule has 1 N–H and O–H groups in total. The molecule has 0 fully saturated rings. The normalized spacial score (nSPS) is 12.6. The van der Waals surface area contributed by atoms with Gasteiger partial charge in [0.1, 0.15) is 0 Å². The summed E-state index contributed by atoms with van der Waals surface area (Å²) in [6.07, 6.45) is 1.11. The maximum Gasteiger partial charge on any atom is 0.278 e. The van der Waals surface area contributed by atoms with Gasteiger partial charge in [-0.2, -0.15) is 12.7 Å². The van der Waals surface area contributed by atoms with Crippen molar-refractivity contribution >= 4 is 25.9 Å². The molecule has 0 aromatic heterocycles. The predicted molar refractivity (Wildman–Crippen MR) is 88.7 cm³/mol. The maximum absolute atomic E-state index is 12.1. The number of rotatable bonds is 7. The molecule has 0 aliphatic carbocycles. The van der Waals surface area contributed by atoms with E-state index in [0.717, 1.165) is 21.7 Å². The monoisotopic (exact) mass is 349 g/mol. The van der Waals surface area contributed by atoms with Crippen LogP contribution in [-0.4, -0.2) is 54.6 Å². The van der Waals surface area contributed by atoms with E-state index < -0.39 is 20.2 Å². The maximum atomic E-state index is 12.1. The van der Waals surface area contributed by atoms with Gasteiger partial charge in [-0.05, 0) is 25.0 Å². The third-order valence-electron chi connectivity index (χ3n) is 3.17. The van der Waals surface area contributed by atoms with Gasteiger partial charge in [-0.25, -0.2) is 13.1 Å². The third-order valence-corrected chi connectivity index (χ3v) is 5.87. The van der Waals surface area contributed by atoms with Crippen molar-refractivity contribution in [3.05, 3.63) is 29.3 Å². The molecule has 7 nitrogen and oxygen atoms in total. The molecule has 0 radical (unpaired) electrons. The van der Waals surface area contributed by atoms with Gasteiger partial charge in [0.05, 0.1) is 11.9 Å². The summed E-state index contributed by atoms with van der Waals surface area (Å²) < 4.78 is 52.1. The first kappa shape index (κ1) is 18.9. The van der Waals surface area contributed by atoms with Crippen molar-refractivity contribution in [1.82, 2.24) is 9.03 Å². The van der Waals surface area contributed by atoms with Crippen LogP contribution in [0.5, 0.6) is 0 Å². The van der Waals surface area contributed by atoms with Crippen LogP contribution in [0.4, 0.5) is 5.69 Å². The van der Waals surface area contributed by atoms with Crippen LogP contribution in [0, 0.1) is 13.8 Å². The number of hydrogen-bond donors (Lipinski definition) is 1. The average Bonchev–Trinajstić information content (AvgIpc) is 2.35. The second-order valence-corrected chi connectivity index (χ2v) is 9.13. The Bertz CT molecular complexity index is 707. The van der Waals surface area contributed by atoms with Crippen molar-refractivity contribution in [2.75, 3.05) is 37.7 Å². The number of para-hydroxylation sites is 1. The number of anilines is 1. The number of benzene rings is 1. The van der Waals surface area contributed by atoms with E-state index in [1.165, 1.54) is 18.4 Å². The van der Waals surface area contributed by atoms with Crippen molar-refractivity contribution in [2.24, 2.45) is 0 Å². The fourth-order valence-corrected chi connectivity index (χ4v) is 3.70. The molecule has 126 valence electrons. The SMILES string of the molecule is Cc1cccc(C)c1N(CCNS(=O)(=O)N(C)C)S(C)(=O)=O. The number of nitrogens with zero attached hydrogens (tertiary/aromatic N) is 2. The largest absolute Gasteiger partial charge is 0.278 e. The van der Waals surface area contributed by atoms with Gasteiger partial charge in [0.2, 0.25) is 10.0 Å². The van der Waals surface area contributed by atoms with Gasteiger partial charge in [0, 0.05) is 27.2 Å². The summed E-state index contributed by atoms with van der Waals surface area (Å²) in [5, 5.41) is 0. The molecule has 22 heavy (non-hydrogen) atoms. The van der Waals surface area contributed by atoms with Gasteiger partial charge in [0.25, 0.3) is 10.2 Å². The molecule has 0 saturated heterocycles. The Morgan fingerprint density at radius 1 is 1.05 bits per heavy atom. The minimum absolute atomic E-state index is 0.0125.